The van der Waals surface area contributed by atoms with Crippen LogP contribution in [0.2, 0.25) is 0 Å². The van der Waals surface area contributed by atoms with Crippen LogP contribution in [0.4, 0.5) is 13.2 Å². The fraction of sp³-hybridized carbons (Fsp3) is 0.462. The molecule has 2 aromatic rings. The largest absolute Gasteiger partial charge is 0.411 e. The minimum absolute atomic E-state index is 0.0282. The van der Waals surface area contributed by atoms with Crippen LogP contribution in [-0.4, -0.2) is 34.0 Å². The summed E-state index contributed by atoms with van der Waals surface area (Å²) >= 11 is 0. The SMILES string of the molecule is OCc1cn(CCCOCC(F)(F)F)c2ncccc12. The third-order valence-corrected chi connectivity index (χ3v) is 2.84. The van der Waals surface area contributed by atoms with Gasteiger partial charge in [-0.15, -0.1) is 0 Å². The van der Waals surface area contributed by atoms with Crippen LogP contribution >= 0.6 is 0 Å². The molecule has 20 heavy (non-hydrogen) atoms. The highest BCUT2D eigenvalue weighted by Crippen LogP contribution is 2.19. The van der Waals surface area contributed by atoms with Crippen molar-refractivity contribution in [1.29, 1.82) is 0 Å². The number of aryl methyl sites for hydroxylation is 1. The zero-order valence-electron chi connectivity index (χ0n) is 10.7. The third kappa shape index (κ3) is 3.71. The molecular weight excluding hydrogens is 273 g/mol. The molecule has 0 aliphatic rings. The molecule has 0 atom stereocenters. The second-order valence-electron chi connectivity index (χ2n) is 4.40. The number of halogens is 3. The van der Waals surface area contributed by atoms with Crippen LogP contribution in [0.25, 0.3) is 11.0 Å². The van der Waals surface area contributed by atoms with Crippen molar-refractivity contribution in [2.45, 2.75) is 25.7 Å². The maximum atomic E-state index is 11.9. The Hall–Kier alpha value is -1.60. The van der Waals surface area contributed by atoms with E-state index in [-0.39, 0.29) is 13.2 Å². The molecule has 0 saturated carbocycles. The summed E-state index contributed by atoms with van der Waals surface area (Å²) in [5.41, 5.74) is 1.47. The molecule has 0 spiro atoms. The normalized spacial score (nSPS) is 12.2. The van der Waals surface area contributed by atoms with Gasteiger partial charge >= 0.3 is 6.18 Å². The van der Waals surface area contributed by atoms with Crippen LogP contribution in [-0.2, 0) is 17.9 Å². The number of aromatic nitrogens is 2. The third-order valence-electron chi connectivity index (χ3n) is 2.84. The standard InChI is InChI=1S/C13H15F3N2O2/c14-13(15,16)9-20-6-2-5-18-7-10(8-19)11-3-1-4-17-12(11)18/h1,3-4,7,19H,2,5-6,8-9H2. The number of aliphatic hydroxyl groups excluding tert-OH is 1. The van der Waals surface area contributed by atoms with E-state index in [4.69, 9.17) is 0 Å². The zero-order valence-corrected chi connectivity index (χ0v) is 10.7. The van der Waals surface area contributed by atoms with Crippen molar-refractivity contribution in [3.63, 3.8) is 0 Å². The summed E-state index contributed by atoms with van der Waals surface area (Å²) in [5, 5.41) is 10.1. The number of fused-ring (bicyclic) bond motifs is 1. The van der Waals surface area contributed by atoms with Gasteiger partial charge in [0.2, 0.25) is 0 Å². The second kappa shape index (κ2) is 6.23. The molecule has 0 aromatic carbocycles. The minimum atomic E-state index is -4.29. The smallest absolute Gasteiger partial charge is 0.392 e. The number of ether oxygens (including phenoxy) is 1. The van der Waals surface area contributed by atoms with Gasteiger partial charge in [-0.1, -0.05) is 0 Å². The van der Waals surface area contributed by atoms with E-state index in [2.05, 4.69) is 9.72 Å². The number of hydrogen-bond donors (Lipinski definition) is 1. The van der Waals surface area contributed by atoms with Crippen LogP contribution in [0, 0.1) is 0 Å². The Labute approximate surface area is 113 Å². The van der Waals surface area contributed by atoms with Gasteiger partial charge in [0.1, 0.15) is 12.3 Å². The maximum absolute atomic E-state index is 11.9. The van der Waals surface area contributed by atoms with Crippen LogP contribution < -0.4 is 0 Å². The minimum Gasteiger partial charge on any atom is -0.392 e. The lowest BCUT2D eigenvalue weighted by Gasteiger charge is -2.08. The predicted octanol–water partition coefficient (Wildman–Crippen LogP) is 2.50. The van der Waals surface area contributed by atoms with E-state index in [1.807, 2.05) is 10.6 Å². The number of nitrogens with zero attached hydrogens (tertiary/aromatic N) is 2. The molecule has 2 heterocycles. The van der Waals surface area contributed by atoms with E-state index >= 15 is 0 Å². The number of alkyl halides is 3. The van der Waals surface area contributed by atoms with Crippen molar-refractivity contribution in [2.24, 2.45) is 0 Å². The quantitative estimate of drug-likeness (QED) is 0.831. The summed E-state index contributed by atoms with van der Waals surface area (Å²) in [6.45, 7) is -0.800. The molecule has 7 heteroatoms. The highest BCUT2D eigenvalue weighted by atomic mass is 19.4. The van der Waals surface area contributed by atoms with E-state index in [0.29, 0.717) is 18.6 Å². The van der Waals surface area contributed by atoms with Crippen molar-refractivity contribution in [3.05, 3.63) is 30.1 Å². The number of aliphatic hydroxyl groups is 1. The lowest BCUT2D eigenvalue weighted by atomic mass is 10.2. The summed E-state index contributed by atoms with van der Waals surface area (Å²) in [4.78, 5) is 4.22. The first-order chi connectivity index (χ1) is 9.51. The summed E-state index contributed by atoms with van der Waals surface area (Å²) < 4.78 is 42.1. The topological polar surface area (TPSA) is 47.3 Å². The van der Waals surface area contributed by atoms with Gasteiger partial charge < -0.3 is 14.4 Å². The molecule has 0 fully saturated rings. The molecule has 2 rings (SSSR count). The van der Waals surface area contributed by atoms with E-state index in [1.165, 1.54) is 0 Å². The second-order valence-corrected chi connectivity index (χ2v) is 4.40. The number of pyridine rings is 1. The predicted molar refractivity (Wildman–Crippen MR) is 67.1 cm³/mol. The van der Waals surface area contributed by atoms with E-state index < -0.39 is 12.8 Å². The summed E-state index contributed by atoms with van der Waals surface area (Å²) in [6.07, 6.45) is -0.436. The Bertz CT molecular complexity index is 566. The van der Waals surface area contributed by atoms with Crippen LogP contribution in [0.15, 0.2) is 24.5 Å². The van der Waals surface area contributed by atoms with Gasteiger partial charge in [0.15, 0.2) is 0 Å². The van der Waals surface area contributed by atoms with Gasteiger partial charge in [0, 0.05) is 36.5 Å². The summed E-state index contributed by atoms with van der Waals surface area (Å²) in [5.74, 6) is 0. The molecule has 0 amide bonds. The summed E-state index contributed by atoms with van der Waals surface area (Å²) in [7, 11) is 0. The molecule has 0 aliphatic heterocycles. The van der Waals surface area contributed by atoms with Gasteiger partial charge in [0.05, 0.1) is 6.61 Å². The Morgan fingerprint density at radius 3 is 2.85 bits per heavy atom. The van der Waals surface area contributed by atoms with Crippen LogP contribution in [0.1, 0.15) is 12.0 Å². The highest BCUT2D eigenvalue weighted by Gasteiger charge is 2.27. The molecule has 2 aromatic heterocycles. The Kier molecular flexibility index (Phi) is 4.61. The van der Waals surface area contributed by atoms with Gasteiger partial charge in [-0.2, -0.15) is 13.2 Å². The monoisotopic (exact) mass is 288 g/mol. The van der Waals surface area contributed by atoms with E-state index in [1.54, 1.807) is 18.5 Å². The Morgan fingerprint density at radius 2 is 2.15 bits per heavy atom. The van der Waals surface area contributed by atoms with Crippen molar-refractivity contribution >= 4 is 11.0 Å². The molecule has 0 radical (unpaired) electrons. The fourth-order valence-electron chi connectivity index (χ4n) is 2.02. The lowest BCUT2D eigenvalue weighted by Crippen LogP contribution is -2.17. The van der Waals surface area contributed by atoms with Crippen molar-refractivity contribution < 1.29 is 23.0 Å². The molecular formula is C13H15F3N2O2. The first-order valence-electron chi connectivity index (χ1n) is 6.19. The maximum Gasteiger partial charge on any atom is 0.411 e. The van der Waals surface area contributed by atoms with Crippen molar-refractivity contribution in [2.75, 3.05) is 13.2 Å². The first-order valence-corrected chi connectivity index (χ1v) is 6.19. The lowest BCUT2D eigenvalue weighted by molar-refractivity contribution is -0.174. The highest BCUT2D eigenvalue weighted by molar-refractivity contribution is 5.80. The van der Waals surface area contributed by atoms with Gasteiger partial charge in [-0.3, -0.25) is 0 Å². The van der Waals surface area contributed by atoms with Crippen molar-refractivity contribution in [1.82, 2.24) is 9.55 Å². The van der Waals surface area contributed by atoms with Crippen molar-refractivity contribution in [3.8, 4) is 0 Å². The Morgan fingerprint density at radius 1 is 1.35 bits per heavy atom. The molecule has 1 N–H and O–H groups in total. The van der Waals surface area contributed by atoms with E-state index in [9.17, 15) is 18.3 Å². The number of rotatable bonds is 6. The van der Waals surface area contributed by atoms with Gasteiger partial charge in [0.25, 0.3) is 0 Å². The molecule has 110 valence electrons. The fourth-order valence-corrected chi connectivity index (χ4v) is 2.02. The van der Waals surface area contributed by atoms with Gasteiger partial charge in [-0.05, 0) is 18.6 Å². The Balaban J connectivity index is 1.93. The van der Waals surface area contributed by atoms with Gasteiger partial charge in [-0.25, -0.2) is 4.98 Å². The average molecular weight is 288 g/mol. The first kappa shape index (κ1) is 14.8. The van der Waals surface area contributed by atoms with Crippen LogP contribution in [0.5, 0.6) is 0 Å². The average Bonchev–Trinajstić information content (AvgIpc) is 2.76. The molecule has 4 nitrogen and oxygen atoms in total. The zero-order chi connectivity index (χ0) is 14.6. The summed E-state index contributed by atoms with van der Waals surface area (Å²) in [6, 6.07) is 3.63. The number of hydrogen-bond acceptors (Lipinski definition) is 3. The van der Waals surface area contributed by atoms with Crippen LogP contribution in [0.3, 0.4) is 0 Å². The molecule has 0 bridgehead atoms. The molecule has 0 aliphatic carbocycles. The molecule has 0 saturated heterocycles. The van der Waals surface area contributed by atoms with E-state index in [0.717, 1.165) is 10.9 Å². The molecule has 0 unspecified atom stereocenters.